The number of ether oxygens (including phenoxy) is 3. The van der Waals surface area contributed by atoms with Crippen LogP contribution in [0.1, 0.15) is 30.9 Å². The Kier molecular flexibility index (Phi) is 9.98. The summed E-state index contributed by atoms with van der Waals surface area (Å²) in [6.07, 6.45) is 3.08. The molecule has 3 aromatic carbocycles. The Morgan fingerprint density at radius 1 is 1.00 bits per heavy atom. The summed E-state index contributed by atoms with van der Waals surface area (Å²) < 4.78 is 16.7. The molecule has 0 heterocycles. The maximum absolute atomic E-state index is 11.4. The Morgan fingerprint density at radius 2 is 1.82 bits per heavy atom. The third-order valence-corrected chi connectivity index (χ3v) is 6.49. The Morgan fingerprint density at radius 3 is 2.55 bits per heavy atom. The van der Waals surface area contributed by atoms with E-state index in [1.165, 1.54) is 7.11 Å². The predicted molar refractivity (Wildman–Crippen MR) is 135 cm³/mol. The van der Waals surface area contributed by atoms with E-state index in [2.05, 4.69) is 13.0 Å². The van der Waals surface area contributed by atoms with Crippen molar-refractivity contribution in [1.82, 2.24) is 0 Å². The van der Waals surface area contributed by atoms with E-state index in [-0.39, 0.29) is 12.4 Å². The van der Waals surface area contributed by atoms with Gasteiger partial charge in [0, 0.05) is 10.6 Å². The normalized spacial score (nSPS) is 10.6. The van der Waals surface area contributed by atoms with Crippen molar-refractivity contribution in [1.29, 1.82) is 0 Å². The summed E-state index contributed by atoms with van der Waals surface area (Å²) in [6.45, 7) is 2.78. The average Bonchev–Trinajstić information content (AvgIpc) is 2.82. The van der Waals surface area contributed by atoms with Gasteiger partial charge < -0.3 is 14.2 Å². The molecule has 3 rings (SSSR count). The van der Waals surface area contributed by atoms with Gasteiger partial charge in [0.25, 0.3) is 0 Å². The molecule has 0 fully saturated rings. The van der Waals surface area contributed by atoms with E-state index in [9.17, 15) is 4.79 Å². The summed E-state index contributed by atoms with van der Waals surface area (Å²) >= 11 is 8.06. The van der Waals surface area contributed by atoms with Crippen molar-refractivity contribution < 1.29 is 19.0 Å². The molecule has 0 aromatic heterocycles. The maximum Gasteiger partial charge on any atom is 0.309 e. The van der Waals surface area contributed by atoms with E-state index in [4.69, 9.17) is 25.8 Å². The first-order valence-electron chi connectivity index (χ1n) is 11.1. The SMILES string of the molecule is CCCc1cc(Oc2ccccc2)ccc1OCCCSc1ccc(CC(=O)OC)cc1Cl. The maximum atomic E-state index is 11.4. The van der Waals surface area contributed by atoms with Crippen molar-refractivity contribution in [2.45, 2.75) is 37.5 Å². The van der Waals surface area contributed by atoms with E-state index < -0.39 is 0 Å². The molecule has 0 N–H and O–H groups in total. The van der Waals surface area contributed by atoms with Gasteiger partial charge in [-0.1, -0.05) is 49.2 Å². The number of hydrogen-bond donors (Lipinski definition) is 0. The number of methoxy groups -OCH3 is 1. The highest BCUT2D eigenvalue weighted by atomic mass is 35.5. The zero-order valence-electron chi connectivity index (χ0n) is 19.0. The van der Waals surface area contributed by atoms with Gasteiger partial charge in [0.15, 0.2) is 0 Å². The van der Waals surface area contributed by atoms with Gasteiger partial charge in [0.05, 0.1) is 25.2 Å². The smallest absolute Gasteiger partial charge is 0.309 e. The number of carbonyl (C=O) groups excluding carboxylic acids is 1. The highest BCUT2D eigenvalue weighted by Gasteiger charge is 2.09. The molecule has 6 heteroatoms. The first-order chi connectivity index (χ1) is 16.1. The predicted octanol–water partition coefficient (Wildman–Crippen LogP) is 7.36. The minimum absolute atomic E-state index is 0.226. The quantitative estimate of drug-likeness (QED) is 0.152. The molecule has 0 bridgehead atoms. The van der Waals surface area contributed by atoms with Gasteiger partial charge in [0.2, 0.25) is 0 Å². The minimum Gasteiger partial charge on any atom is -0.493 e. The third kappa shape index (κ3) is 8.02. The number of hydrogen-bond acceptors (Lipinski definition) is 5. The molecular formula is C27H29ClO4S. The van der Waals surface area contributed by atoms with Crippen molar-refractivity contribution in [3.8, 4) is 17.2 Å². The minimum atomic E-state index is -0.272. The number of para-hydroxylation sites is 1. The monoisotopic (exact) mass is 484 g/mol. The molecule has 33 heavy (non-hydrogen) atoms. The number of benzene rings is 3. The zero-order chi connectivity index (χ0) is 23.5. The molecule has 0 unspecified atom stereocenters. The van der Waals surface area contributed by atoms with E-state index >= 15 is 0 Å². The number of thioether (sulfide) groups is 1. The molecule has 0 amide bonds. The lowest BCUT2D eigenvalue weighted by molar-refractivity contribution is -0.139. The Hall–Kier alpha value is -2.63. The van der Waals surface area contributed by atoms with Crippen LogP contribution in [0.3, 0.4) is 0 Å². The number of carbonyl (C=O) groups is 1. The molecule has 0 saturated heterocycles. The number of halogens is 1. The lowest BCUT2D eigenvalue weighted by Gasteiger charge is -2.14. The molecule has 0 aliphatic rings. The van der Waals surface area contributed by atoms with Gasteiger partial charge in [-0.2, -0.15) is 0 Å². The summed E-state index contributed by atoms with van der Waals surface area (Å²) in [5.74, 6) is 3.16. The van der Waals surface area contributed by atoms with Crippen LogP contribution in [0, 0.1) is 0 Å². The first-order valence-corrected chi connectivity index (χ1v) is 12.4. The highest BCUT2D eigenvalue weighted by molar-refractivity contribution is 7.99. The summed E-state index contributed by atoms with van der Waals surface area (Å²) in [6, 6.07) is 21.5. The molecule has 0 saturated carbocycles. The molecule has 0 aliphatic carbocycles. The van der Waals surface area contributed by atoms with E-state index in [0.717, 1.165) is 58.3 Å². The Bertz CT molecular complexity index is 1040. The van der Waals surface area contributed by atoms with Crippen molar-refractivity contribution in [2.75, 3.05) is 19.5 Å². The van der Waals surface area contributed by atoms with Gasteiger partial charge >= 0.3 is 5.97 Å². The van der Waals surface area contributed by atoms with Crippen LogP contribution in [0.15, 0.2) is 71.6 Å². The lowest BCUT2D eigenvalue weighted by atomic mass is 10.1. The van der Waals surface area contributed by atoms with Crippen molar-refractivity contribution in [3.63, 3.8) is 0 Å². The standard InChI is InChI=1S/C27H29ClO4S/c1-3-8-21-19-23(32-22-9-5-4-6-10-22)12-13-25(21)31-15-7-16-33-26-14-11-20(17-24(26)28)18-27(29)30-2/h4-6,9-14,17,19H,3,7-8,15-16,18H2,1-2H3. The fourth-order valence-electron chi connectivity index (χ4n) is 3.28. The van der Waals surface area contributed by atoms with Crippen LogP contribution in [0.2, 0.25) is 5.02 Å². The zero-order valence-corrected chi connectivity index (χ0v) is 20.6. The van der Waals surface area contributed by atoms with Crippen LogP contribution >= 0.6 is 23.4 Å². The van der Waals surface area contributed by atoms with Crippen molar-refractivity contribution >= 4 is 29.3 Å². The Labute approximate surface area is 205 Å². The van der Waals surface area contributed by atoms with Gasteiger partial charge in [-0.25, -0.2) is 0 Å². The van der Waals surface area contributed by atoms with E-state index in [1.807, 2.05) is 60.7 Å². The molecular weight excluding hydrogens is 456 g/mol. The second-order valence-corrected chi connectivity index (χ2v) is 9.05. The van der Waals surface area contributed by atoms with Crippen LogP contribution in [0.4, 0.5) is 0 Å². The van der Waals surface area contributed by atoms with E-state index in [1.54, 1.807) is 11.8 Å². The van der Waals surface area contributed by atoms with Crippen LogP contribution < -0.4 is 9.47 Å². The number of esters is 1. The lowest BCUT2D eigenvalue weighted by Crippen LogP contribution is -2.04. The van der Waals surface area contributed by atoms with Crippen LogP contribution in [-0.2, 0) is 22.4 Å². The van der Waals surface area contributed by atoms with Gasteiger partial charge in [-0.15, -0.1) is 11.8 Å². The average molecular weight is 485 g/mol. The molecule has 0 atom stereocenters. The van der Waals surface area contributed by atoms with Crippen LogP contribution in [0.25, 0.3) is 0 Å². The fraction of sp³-hybridized carbons (Fsp3) is 0.296. The number of aryl methyl sites for hydroxylation is 1. The topological polar surface area (TPSA) is 44.8 Å². The summed E-state index contributed by atoms with van der Waals surface area (Å²) in [7, 11) is 1.38. The molecule has 3 aromatic rings. The summed E-state index contributed by atoms with van der Waals surface area (Å²) in [5, 5.41) is 0.654. The largest absolute Gasteiger partial charge is 0.493 e. The van der Waals surface area contributed by atoms with Crippen molar-refractivity contribution in [3.05, 3.63) is 82.9 Å². The van der Waals surface area contributed by atoms with Crippen LogP contribution in [0.5, 0.6) is 17.2 Å². The van der Waals surface area contributed by atoms with Gasteiger partial charge in [0.1, 0.15) is 17.2 Å². The van der Waals surface area contributed by atoms with Crippen LogP contribution in [-0.4, -0.2) is 25.4 Å². The van der Waals surface area contributed by atoms with E-state index in [0.29, 0.717) is 11.6 Å². The molecule has 0 radical (unpaired) electrons. The molecule has 174 valence electrons. The second kappa shape index (κ2) is 13.2. The van der Waals surface area contributed by atoms with Crippen molar-refractivity contribution in [2.24, 2.45) is 0 Å². The second-order valence-electron chi connectivity index (χ2n) is 7.50. The Balaban J connectivity index is 1.49. The van der Waals surface area contributed by atoms with Gasteiger partial charge in [-0.05, 0) is 66.4 Å². The summed E-state index contributed by atoms with van der Waals surface area (Å²) in [4.78, 5) is 12.4. The fourth-order valence-corrected chi connectivity index (χ4v) is 4.49. The van der Waals surface area contributed by atoms with Gasteiger partial charge in [-0.3, -0.25) is 4.79 Å². The first kappa shape index (κ1) is 25.0. The summed E-state index contributed by atoms with van der Waals surface area (Å²) in [5.41, 5.74) is 2.01. The molecule has 0 aliphatic heterocycles. The third-order valence-electron chi connectivity index (χ3n) is 4.91. The highest BCUT2D eigenvalue weighted by Crippen LogP contribution is 2.30. The number of rotatable bonds is 12. The molecule has 4 nitrogen and oxygen atoms in total. The molecule has 0 spiro atoms.